The number of fused-ring (bicyclic) bond motifs is 1. The predicted octanol–water partition coefficient (Wildman–Crippen LogP) is 1.32. The zero-order chi connectivity index (χ0) is 8.55. The van der Waals surface area contributed by atoms with Crippen LogP contribution < -0.4 is 5.32 Å². The summed E-state index contributed by atoms with van der Waals surface area (Å²) in [5, 5.41) is 15.0. The Kier molecular flexibility index (Phi) is 2.17. The molecule has 12 heavy (non-hydrogen) atoms. The van der Waals surface area contributed by atoms with Gasteiger partial charge in [-0.1, -0.05) is 0 Å². The first-order chi connectivity index (χ1) is 5.81. The molecule has 2 atom stereocenters. The maximum absolute atomic E-state index is 9.72. The summed E-state index contributed by atoms with van der Waals surface area (Å²) in [7, 11) is 1.95. The average molecular weight is 183 g/mol. The Morgan fingerprint density at radius 2 is 2.50 bits per heavy atom. The van der Waals surface area contributed by atoms with E-state index in [0.29, 0.717) is 6.04 Å². The third-order valence-corrected chi connectivity index (χ3v) is 3.45. The summed E-state index contributed by atoms with van der Waals surface area (Å²) < 4.78 is 0. The van der Waals surface area contributed by atoms with Crippen molar-refractivity contribution in [1.29, 1.82) is 0 Å². The summed E-state index contributed by atoms with van der Waals surface area (Å²) in [6, 6.07) is 2.49. The number of hydrogen-bond donors (Lipinski definition) is 2. The number of thiophene rings is 1. The van der Waals surface area contributed by atoms with Gasteiger partial charge in [-0.05, 0) is 36.9 Å². The van der Waals surface area contributed by atoms with Gasteiger partial charge in [0.2, 0.25) is 0 Å². The van der Waals surface area contributed by atoms with Crippen LogP contribution in [0.1, 0.15) is 23.0 Å². The molecule has 0 saturated heterocycles. The molecule has 0 bridgehead atoms. The molecule has 0 spiro atoms. The molecule has 1 heterocycles. The standard InChI is InChI=1S/C9H13NOS/c1-10-6-4-8(11)7-2-3-12-9(7)5-6/h2-3,6,8,10-11H,4-5H2,1H3. The zero-order valence-electron chi connectivity index (χ0n) is 7.08. The topological polar surface area (TPSA) is 32.3 Å². The van der Waals surface area contributed by atoms with Crippen LogP contribution in [0.15, 0.2) is 11.4 Å². The minimum Gasteiger partial charge on any atom is -0.388 e. The Morgan fingerprint density at radius 1 is 1.67 bits per heavy atom. The second-order valence-corrected chi connectivity index (χ2v) is 4.24. The summed E-state index contributed by atoms with van der Waals surface area (Å²) in [6.07, 6.45) is 1.67. The van der Waals surface area contributed by atoms with Crippen molar-refractivity contribution in [1.82, 2.24) is 5.32 Å². The summed E-state index contributed by atoms with van der Waals surface area (Å²) in [6.45, 7) is 0. The summed E-state index contributed by atoms with van der Waals surface area (Å²) in [5.74, 6) is 0. The highest BCUT2D eigenvalue weighted by molar-refractivity contribution is 7.10. The van der Waals surface area contributed by atoms with Crippen molar-refractivity contribution < 1.29 is 5.11 Å². The van der Waals surface area contributed by atoms with E-state index in [-0.39, 0.29) is 6.10 Å². The first kappa shape index (κ1) is 8.23. The van der Waals surface area contributed by atoms with Crippen LogP contribution >= 0.6 is 11.3 Å². The average Bonchev–Trinajstić information content (AvgIpc) is 2.52. The van der Waals surface area contributed by atoms with Crippen molar-refractivity contribution in [3.05, 3.63) is 21.9 Å². The van der Waals surface area contributed by atoms with Crippen LogP contribution in [0.2, 0.25) is 0 Å². The molecule has 2 rings (SSSR count). The maximum Gasteiger partial charge on any atom is 0.0815 e. The normalized spacial score (nSPS) is 28.5. The van der Waals surface area contributed by atoms with Gasteiger partial charge in [-0.25, -0.2) is 0 Å². The van der Waals surface area contributed by atoms with Gasteiger partial charge in [0.1, 0.15) is 0 Å². The molecule has 0 fully saturated rings. The van der Waals surface area contributed by atoms with Crippen LogP contribution in [0.5, 0.6) is 0 Å². The van der Waals surface area contributed by atoms with Crippen LogP contribution in [0.4, 0.5) is 0 Å². The van der Waals surface area contributed by atoms with Crippen LogP contribution in [0.3, 0.4) is 0 Å². The number of rotatable bonds is 1. The molecule has 0 aromatic carbocycles. The van der Waals surface area contributed by atoms with Crippen LogP contribution in [-0.2, 0) is 6.42 Å². The fourth-order valence-electron chi connectivity index (χ4n) is 1.74. The van der Waals surface area contributed by atoms with E-state index in [2.05, 4.69) is 10.7 Å². The highest BCUT2D eigenvalue weighted by Gasteiger charge is 2.24. The van der Waals surface area contributed by atoms with E-state index in [1.165, 1.54) is 4.88 Å². The fraction of sp³-hybridized carbons (Fsp3) is 0.556. The Hall–Kier alpha value is -0.380. The molecule has 1 aliphatic carbocycles. The Bertz CT molecular complexity index is 271. The highest BCUT2D eigenvalue weighted by atomic mass is 32.1. The number of likely N-dealkylation sites (N-methyl/N-ethyl adjacent to an activating group) is 1. The Balaban J connectivity index is 2.26. The molecule has 0 saturated carbocycles. The van der Waals surface area contributed by atoms with Gasteiger partial charge < -0.3 is 10.4 Å². The van der Waals surface area contributed by atoms with E-state index in [1.54, 1.807) is 11.3 Å². The van der Waals surface area contributed by atoms with E-state index < -0.39 is 0 Å². The van der Waals surface area contributed by atoms with E-state index >= 15 is 0 Å². The molecular weight excluding hydrogens is 170 g/mol. The van der Waals surface area contributed by atoms with Crippen molar-refractivity contribution in [2.24, 2.45) is 0 Å². The van der Waals surface area contributed by atoms with Gasteiger partial charge in [0, 0.05) is 10.9 Å². The van der Waals surface area contributed by atoms with Crippen molar-refractivity contribution in [2.45, 2.75) is 25.0 Å². The second kappa shape index (κ2) is 3.17. The summed E-state index contributed by atoms with van der Waals surface area (Å²) in [5.41, 5.74) is 1.14. The van der Waals surface area contributed by atoms with Gasteiger partial charge in [0.25, 0.3) is 0 Å². The van der Waals surface area contributed by atoms with Crippen LogP contribution in [-0.4, -0.2) is 18.2 Å². The summed E-state index contributed by atoms with van der Waals surface area (Å²) in [4.78, 5) is 1.34. The second-order valence-electron chi connectivity index (χ2n) is 3.24. The number of aliphatic hydroxyl groups excluding tert-OH is 1. The van der Waals surface area contributed by atoms with Gasteiger partial charge >= 0.3 is 0 Å². The monoisotopic (exact) mass is 183 g/mol. The first-order valence-corrected chi connectivity index (χ1v) is 5.11. The van der Waals surface area contributed by atoms with Gasteiger partial charge in [0.05, 0.1) is 6.10 Å². The SMILES string of the molecule is CNC1Cc2sccc2C(O)C1. The molecule has 0 amide bonds. The highest BCUT2D eigenvalue weighted by Crippen LogP contribution is 2.32. The number of nitrogens with one attached hydrogen (secondary N) is 1. The number of aliphatic hydroxyl groups is 1. The molecule has 3 heteroatoms. The fourth-order valence-corrected chi connectivity index (χ4v) is 2.75. The lowest BCUT2D eigenvalue weighted by atomic mass is 9.92. The molecular formula is C9H13NOS. The van der Waals surface area contributed by atoms with E-state index in [0.717, 1.165) is 18.4 Å². The first-order valence-electron chi connectivity index (χ1n) is 4.23. The molecule has 1 aromatic rings. The lowest BCUT2D eigenvalue weighted by Crippen LogP contribution is -2.32. The largest absolute Gasteiger partial charge is 0.388 e. The van der Waals surface area contributed by atoms with Crippen LogP contribution in [0, 0.1) is 0 Å². The molecule has 66 valence electrons. The number of hydrogen-bond acceptors (Lipinski definition) is 3. The van der Waals surface area contributed by atoms with Crippen molar-refractivity contribution in [2.75, 3.05) is 7.05 Å². The lowest BCUT2D eigenvalue weighted by molar-refractivity contribution is 0.144. The van der Waals surface area contributed by atoms with E-state index in [4.69, 9.17) is 0 Å². The molecule has 2 nitrogen and oxygen atoms in total. The van der Waals surface area contributed by atoms with Crippen LogP contribution in [0.25, 0.3) is 0 Å². The van der Waals surface area contributed by atoms with Crippen molar-refractivity contribution >= 4 is 11.3 Å². The van der Waals surface area contributed by atoms with Crippen molar-refractivity contribution in [3.63, 3.8) is 0 Å². The third kappa shape index (κ3) is 1.28. The minimum atomic E-state index is -0.252. The Morgan fingerprint density at radius 3 is 3.25 bits per heavy atom. The minimum absolute atomic E-state index is 0.252. The smallest absolute Gasteiger partial charge is 0.0815 e. The van der Waals surface area contributed by atoms with Crippen molar-refractivity contribution in [3.8, 4) is 0 Å². The molecule has 1 aliphatic rings. The quantitative estimate of drug-likeness (QED) is 0.688. The van der Waals surface area contributed by atoms with Gasteiger partial charge in [0.15, 0.2) is 0 Å². The zero-order valence-corrected chi connectivity index (χ0v) is 7.90. The van der Waals surface area contributed by atoms with E-state index in [1.807, 2.05) is 13.1 Å². The van der Waals surface area contributed by atoms with E-state index in [9.17, 15) is 5.11 Å². The molecule has 2 N–H and O–H groups in total. The molecule has 0 radical (unpaired) electrons. The molecule has 1 aromatic heterocycles. The van der Waals surface area contributed by atoms with Gasteiger partial charge in [-0.2, -0.15) is 0 Å². The molecule has 2 unspecified atom stereocenters. The maximum atomic E-state index is 9.72. The van der Waals surface area contributed by atoms with Gasteiger partial charge in [-0.3, -0.25) is 0 Å². The lowest BCUT2D eigenvalue weighted by Gasteiger charge is -2.25. The van der Waals surface area contributed by atoms with Gasteiger partial charge in [-0.15, -0.1) is 11.3 Å². The Labute approximate surface area is 76.2 Å². The third-order valence-electron chi connectivity index (χ3n) is 2.49. The summed E-state index contributed by atoms with van der Waals surface area (Å²) >= 11 is 1.75. The molecule has 0 aliphatic heterocycles. The predicted molar refractivity (Wildman–Crippen MR) is 50.4 cm³/mol.